The largest absolute Gasteiger partial charge is 0.507 e. The highest BCUT2D eigenvalue weighted by molar-refractivity contribution is 5.97. The van der Waals surface area contributed by atoms with Crippen LogP contribution in [0.1, 0.15) is 97.6 Å². The summed E-state index contributed by atoms with van der Waals surface area (Å²) in [5.74, 6) is 0.481. The first-order chi connectivity index (χ1) is 31.9. The van der Waals surface area contributed by atoms with Crippen LogP contribution in [0, 0.1) is 6.85 Å². The molecule has 0 aliphatic rings. The highest BCUT2D eigenvalue weighted by atomic mass is 16.3. The average molecular weight is 757 g/mol. The van der Waals surface area contributed by atoms with E-state index in [1.807, 2.05) is 118 Å². The summed E-state index contributed by atoms with van der Waals surface area (Å²) in [6.45, 7) is 11.8. The van der Waals surface area contributed by atoms with Crippen molar-refractivity contribution in [3.63, 3.8) is 0 Å². The Kier molecular flexibility index (Phi) is 6.99. The van der Waals surface area contributed by atoms with E-state index >= 15 is 0 Å². The summed E-state index contributed by atoms with van der Waals surface area (Å²) in [7, 11) is 0. The molecule has 0 bridgehead atoms. The van der Waals surface area contributed by atoms with Crippen molar-refractivity contribution in [2.75, 3.05) is 0 Å². The smallest absolute Gasteiger partial charge is 0.149 e. The summed E-state index contributed by atoms with van der Waals surface area (Å²) in [5, 5.41) is 12.2. The van der Waals surface area contributed by atoms with Gasteiger partial charge in [0.15, 0.2) is 0 Å². The Morgan fingerprint density at radius 3 is 2.18 bits per heavy atom. The fourth-order valence-electron chi connectivity index (χ4n) is 7.24. The molecule has 0 saturated carbocycles. The van der Waals surface area contributed by atoms with Gasteiger partial charge in [0.25, 0.3) is 0 Å². The van der Waals surface area contributed by atoms with Crippen LogP contribution in [0.5, 0.6) is 5.75 Å². The zero-order valence-electron chi connectivity index (χ0n) is 44.2. The second kappa shape index (κ2) is 15.0. The minimum atomic E-state index is -2.47. The lowest BCUT2D eigenvalue weighted by atomic mass is 9.83. The molecule has 4 heteroatoms. The van der Waals surface area contributed by atoms with Gasteiger partial charge in [-0.25, -0.2) is 4.98 Å². The molecule has 0 aliphatic carbocycles. The second-order valence-corrected chi connectivity index (χ2v) is 16.1. The topological polar surface area (TPSA) is 50.9 Å². The number of pyridine rings is 1. The first kappa shape index (κ1) is 26.6. The molecule has 0 radical (unpaired) electrons. The van der Waals surface area contributed by atoms with Gasteiger partial charge in [0, 0.05) is 27.1 Å². The maximum atomic E-state index is 12.2. The van der Waals surface area contributed by atoms with Crippen molar-refractivity contribution < 1.29 is 20.2 Å². The van der Waals surface area contributed by atoms with Crippen molar-refractivity contribution in [2.24, 2.45) is 0 Å². The van der Waals surface area contributed by atoms with Gasteiger partial charge < -0.3 is 5.11 Å². The predicted octanol–water partition coefficient (Wildman–Crippen LogP) is 14.3. The van der Waals surface area contributed by atoms with Gasteiger partial charge in [-0.2, -0.15) is 0 Å². The molecule has 6 aromatic carbocycles. The number of nitrogens with zero attached hydrogens (tertiary/aromatic N) is 3. The van der Waals surface area contributed by atoms with Crippen molar-refractivity contribution in [1.29, 1.82) is 0 Å². The third-order valence-corrected chi connectivity index (χ3v) is 10.4. The zero-order chi connectivity index (χ0) is 49.5. The lowest BCUT2D eigenvalue weighted by molar-refractivity contribution is 0.466. The number of aromatic hydroxyl groups is 1. The van der Waals surface area contributed by atoms with Crippen molar-refractivity contribution in [2.45, 2.75) is 72.6 Å². The molecule has 1 N–H and O–H groups in total. The van der Waals surface area contributed by atoms with Crippen LogP contribution in [-0.4, -0.2) is 19.6 Å². The highest BCUT2D eigenvalue weighted by Crippen LogP contribution is 2.43. The highest BCUT2D eigenvalue weighted by Gasteiger charge is 2.25. The van der Waals surface area contributed by atoms with Crippen LogP contribution >= 0.6 is 0 Å². The minimum absolute atomic E-state index is 0.0230. The molecule has 284 valence electrons. The van der Waals surface area contributed by atoms with E-state index in [0.717, 1.165) is 22.3 Å². The lowest BCUT2D eigenvalue weighted by Crippen LogP contribution is -2.11. The Morgan fingerprint density at radius 2 is 1.46 bits per heavy atom. The van der Waals surface area contributed by atoms with E-state index in [0.29, 0.717) is 50.4 Å². The number of fused-ring (bicyclic) bond motifs is 1. The number of para-hydroxylation sites is 1. The maximum Gasteiger partial charge on any atom is 0.149 e. The molecule has 0 spiro atoms. The zero-order valence-corrected chi connectivity index (χ0v) is 33.2. The summed E-state index contributed by atoms with van der Waals surface area (Å²) in [5.41, 5.74) is 6.77. The number of aromatic nitrogens is 3. The molecule has 0 unspecified atom stereocenters. The molecule has 0 fully saturated rings. The molecule has 8 aromatic rings. The normalized spacial score (nSPS) is 14.9. The van der Waals surface area contributed by atoms with E-state index in [4.69, 9.17) is 18.7 Å². The Bertz CT molecular complexity index is 3290. The van der Waals surface area contributed by atoms with Gasteiger partial charge >= 0.3 is 0 Å². The molecule has 4 nitrogen and oxygen atoms in total. The number of imidazole rings is 1. The Hall–Kier alpha value is -6.26. The summed E-state index contributed by atoms with van der Waals surface area (Å²) in [4.78, 5) is 9.82. The van der Waals surface area contributed by atoms with Crippen LogP contribution in [0.3, 0.4) is 0 Å². The average Bonchev–Trinajstić information content (AvgIpc) is 3.69. The Balaban J connectivity index is 1.47. The van der Waals surface area contributed by atoms with Crippen molar-refractivity contribution in [3.8, 4) is 67.5 Å². The van der Waals surface area contributed by atoms with Crippen LogP contribution in [0.4, 0.5) is 0 Å². The molecular formula is C53H51N3O. The first-order valence-electron chi connectivity index (χ1n) is 24.7. The van der Waals surface area contributed by atoms with Crippen LogP contribution in [0.25, 0.3) is 72.7 Å². The molecule has 0 amide bonds. The van der Waals surface area contributed by atoms with E-state index in [2.05, 4.69) is 18.8 Å². The van der Waals surface area contributed by atoms with E-state index in [1.165, 1.54) is 0 Å². The quantitative estimate of drug-likeness (QED) is 0.168. The molecule has 8 rings (SSSR count). The molecule has 2 heterocycles. The lowest BCUT2D eigenvalue weighted by Gasteiger charge is -2.22. The second-order valence-electron chi connectivity index (χ2n) is 16.1. The molecule has 0 aliphatic heterocycles. The van der Waals surface area contributed by atoms with Gasteiger partial charge in [0.2, 0.25) is 0 Å². The number of hydrogen-bond donors (Lipinski definition) is 1. The number of phenolic OH excluding ortho intramolecular Hbond substituents is 1. The molecule has 2 aromatic heterocycles. The van der Waals surface area contributed by atoms with Crippen molar-refractivity contribution in [3.05, 3.63) is 168 Å². The number of hydrogen-bond acceptors (Lipinski definition) is 3. The first-order valence-corrected chi connectivity index (χ1v) is 19.2. The standard InChI is InChI=1S/C53H51N3O/c1-33(2)39-30-46(34(3)4)51(57)47(31-39)52-55-50-45(20-15-21-49(50)56(52)44-25-35(5)24-40(29-44)37-18-13-10-14-19-37)41-26-42(28-43(27-41)53(6,7)8)48-32-38(22-23-54-48)36-16-11-9-12-17-36/h9-34,57H,1-8H3/i5D3,9D,11D,12D,16D,17D,22D,23D,32D. The summed E-state index contributed by atoms with van der Waals surface area (Å²) in [6, 6.07) is 26.1. The molecule has 0 atom stereocenters. The van der Waals surface area contributed by atoms with Gasteiger partial charge in [-0.15, -0.1) is 0 Å². The number of aryl methyl sites for hydroxylation is 1. The summed E-state index contributed by atoms with van der Waals surface area (Å²) >= 11 is 0. The third kappa shape index (κ3) is 7.40. The minimum Gasteiger partial charge on any atom is -0.507 e. The van der Waals surface area contributed by atoms with E-state index in [-0.39, 0.29) is 46.0 Å². The van der Waals surface area contributed by atoms with Gasteiger partial charge in [-0.3, -0.25) is 9.55 Å². The Labute approximate surface area is 353 Å². The number of benzene rings is 6. The number of rotatable bonds is 8. The molecule has 0 saturated heterocycles. The van der Waals surface area contributed by atoms with Gasteiger partial charge in [-0.1, -0.05) is 139 Å². The van der Waals surface area contributed by atoms with Crippen LogP contribution in [0.15, 0.2) is 146 Å². The van der Waals surface area contributed by atoms with Crippen LogP contribution in [0.2, 0.25) is 0 Å². The van der Waals surface area contributed by atoms with E-state index in [9.17, 15) is 6.48 Å². The fourth-order valence-corrected chi connectivity index (χ4v) is 7.24. The third-order valence-electron chi connectivity index (χ3n) is 10.4. The van der Waals surface area contributed by atoms with E-state index in [1.54, 1.807) is 18.2 Å². The predicted molar refractivity (Wildman–Crippen MR) is 239 cm³/mol. The Morgan fingerprint density at radius 1 is 0.684 bits per heavy atom. The summed E-state index contributed by atoms with van der Waals surface area (Å²) in [6.07, 6.45) is -0.538. The SMILES string of the molecule is [2H]c1nc(-c2cc(-c3cccc4c3nc(-c3cc(C(C)C)cc(C(C)C)c3O)n4-c3cc(-c4ccccc4)cc(C([2H])([2H])[2H])c3)cc(C(C)(C)C)c2)c([2H])c(-c2c([2H])c([2H])c([2H])c([2H])c2[2H])c1[2H]. The monoisotopic (exact) mass is 756 g/mol. The fraction of sp³-hybridized carbons (Fsp3) is 0.208. The van der Waals surface area contributed by atoms with Crippen LogP contribution in [-0.2, 0) is 5.41 Å². The number of phenols is 1. The maximum absolute atomic E-state index is 12.2. The van der Waals surface area contributed by atoms with Gasteiger partial charge in [0.05, 0.1) is 33.3 Å². The summed E-state index contributed by atoms with van der Waals surface area (Å²) < 4.78 is 96.9. The van der Waals surface area contributed by atoms with Gasteiger partial charge in [0.1, 0.15) is 11.6 Å². The molecular weight excluding hydrogens is 695 g/mol. The van der Waals surface area contributed by atoms with Crippen molar-refractivity contribution in [1.82, 2.24) is 14.5 Å². The van der Waals surface area contributed by atoms with Crippen molar-refractivity contribution >= 4 is 11.0 Å². The van der Waals surface area contributed by atoms with Gasteiger partial charge in [-0.05, 0) is 123 Å². The van der Waals surface area contributed by atoms with Crippen LogP contribution < -0.4 is 0 Å². The van der Waals surface area contributed by atoms with E-state index < -0.39 is 54.7 Å². The molecule has 57 heavy (non-hydrogen) atoms.